The lowest BCUT2D eigenvalue weighted by atomic mass is 10.1. The highest BCUT2D eigenvalue weighted by atomic mass is 35.5. The molecular formula is C15H24ClN3O. The van der Waals surface area contributed by atoms with Gasteiger partial charge in [0.1, 0.15) is 0 Å². The molecule has 0 aliphatic carbocycles. The molecule has 0 unspecified atom stereocenters. The fourth-order valence-electron chi connectivity index (χ4n) is 1.96. The maximum atomic E-state index is 12.6. The summed E-state index contributed by atoms with van der Waals surface area (Å²) >= 11 is 5.97. The summed E-state index contributed by atoms with van der Waals surface area (Å²) in [4.78, 5) is 16.5. The lowest BCUT2D eigenvalue weighted by molar-refractivity contribution is 0.0724. The first kappa shape index (κ1) is 16.8. The number of likely N-dealkylation sites (N-methyl/N-ethyl adjacent to an activating group) is 1. The minimum atomic E-state index is -0.0187. The van der Waals surface area contributed by atoms with Gasteiger partial charge in [-0.3, -0.25) is 4.79 Å². The van der Waals surface area contributed by atoms with Crippen molar-refractivity contribution in [1.82, 2.24) is 9.80 Å². The summed E-state index contributed by atoms with van der Waals surface area (Å²) in [5.41, 5.74) is 6.82. The van der Waals surface area contributed by atoms with Crippen LogP contribution in [0.1, 0.15) is 24.2 Å². The first-order valence-corrected chi connectivity index (χ1v) is 7.17. The summed E-state index contributed by atoms with van der Waals surface area (Å²) in [6, 6.07) is 4.99. The Labute approximate surface area is 126 Å². The number of halogens is 1. The van der Waals surface area contributed by atoms with E-state index in [0.29, 0.717) is 28.7 Å². The number of amides is 1. The van der Waals surface area contributed by atoms with Gasteiger partial charge in [0.2, 0.25) is 0 Å². The number of benzene rings is 1. The molecule has 0 aromatic heterocycles. The Morgan fingerprint density at radius 3 is 2.40 bits per heavy atom. The van der Waals surface area contributed by atoms with E-state index in [1.807, 2.05) is 19.0 Å². The summed E-state index contributed by atoms with van der Waals surface area (Å²) in [6.45, 7) is 6.44. The van der Waals surface area contributed by atoms with Crippen LogP contribution >= 0.6 is 11.6 Å². The van der Waals surface area contributed by atoms with Crippen LogP contribution in [0.15, 0.2) is 18.2 Å². The van der Waals surface area contributed by atoms with Crippen LogP contribution in [0, 0.1) is 5.92 Å². The van der Waals surface area contributed by atoms with E-state index in [2.05, 4.69) is 18.7 Å². The standard InChI is InChI=1S/C15H24ClN3O/c1-11(2)10-19(6-5-18(3)4)15(20)12-7-13(16)9-14(17)8-12/h7-9,11H,5-6,10,17H2,1-4H3. The number of carbonyl (C=O) groups excluding carboxylic acids is 1. The van der Waals surface area contributed by atoms with Crippen LogP contribution in [0.3, 0.4) is 0 Å². The van der Waals surface area contributed by atoms with Gasteiger partial charge >= 0.3 is 0 Å². The van der Waals surface area contributed by atoms with Crippen LogP contribution in [0.25, 0.3) is 0 Å². The number of rotatable bonds is 6. The number of nitrogens with zero attached hydrogens (tertiary/aromatic N) is 2. The molecule has 0 radical (unpaired) electrons. The van der Waals surface area contributed by atoms with Gasteiger partial charge in [-0.2, -0.15) is 0 Å². The fourth-order valence-corrected chi connectivity index (χ4v) is 2.20. The molecule has 20 heavy (non-hydrogen) atoms. The Bertz CT molecular complexity index is 440. The van der Waals surface area contributed by atoms with E-state index in [-0.39, 0.29) is 5.91 Å². The molecule has 0 aliphatic rings. The van der Waals surface area contributed by atoms with Gasteiger partial charge in [-0.25, -0.2) is 0 Å². The minimum Gasteiger partial charge on any atom is -0.399 e. The summed E-state index contributed by atoms with van der Waals surface area (Å²) in [5, 5.41) is 0.491. The van der Waals surface area contributed by atoms with Crippen LogP contribution in [0.2, 0.25) is 5.02 Å². The van der Waals surface area contributed by atoms with Crippen molar-refractivity contribution < 1.29 is 4.79 Å². The molecular weight excluding hydrogens is 274 g/mol. The highest BCUT2D eigenvalue weighted by Gasteiger charge is 2.17. The van der Waals surface area contributed by atoms with Crippen molar-refractivity contribution in [2.24, 2.45) is 5.92 Å². The first-order valence-electron chi connectivity index (χ1n) is 6.79. The molecule has 1 aromatic rings. The number of carbonyl (C=O) groups is 1. The van der Waals surface area contributed by atoms with Crippen LogP contribution in [0.4, 0.5) is 5.69 Å². The van der Waals surface area contributed by atoms with Crippen molar-refractivity contribution >= 4 is 23.2 Å². The summed E-state index contributed by atoms with van der Waals surface area (Å²) in [6.07, 6.45) is 0. The van der Waals surface area contributed by atoms with Crippen molar-refractivity contribution in [1.29, 1.82) is 0 Å². The lowest BCUT2D eigenvalue weighted by Crippen LogP contribution is -2.39. The zero-order chi connectivity index (χ0) is 15.3. The molecule has 112 valence electrons. The average Bonchev–Trinajstić information content (AvgIpc) is 2.31. The maximum Gasteiger partial charge on any atom is 0.254 e. The summed E-state index contributed by atoms with van der Waals surface area (Å²) in [7, 11) is 3.99. The Balaban J connectivity index is 2.90. The fraction of sp³-hybridized carbons (Fsp3) is 0.533. The molecule has 1 amide bonds. The maximum absolute atomic E-state index is 12.6. The van der Waals surface area contributed by atoms with Gasteiger partial charge in [-0.1, -0.05) is 25.4 Å². The molecule has 2 N–H and O–H groups in total. The van der Waals surface area contributed by atoms with E-state index in [4.69, 9.17) is 17.3 Å². The van der Waals surface area contributed by atoms with E-state index in [0.717, 1.165) is 13.1 Å². The van der Waals surface area contributed by atoms with Gasteiger partial charge in [0.15, 0.2) is 0 Å². The van der Waals surface area contributed by atoms with E-state index >= 15 is 0 Å². The molecule has 1 rings (SSSR count). The lowest BCUT2D eigenvalue weighted by Gasteiger charge is -2.26. The van der Waals surface area contributed by atoms with Crippen LogP contribution < -0.4 is 5.73 Å². The normalized spacial score (nSPS) is 11.2. The number of anilines is 1. The second-order valence-electron chi connectivity index (χ2n) is 5.72. The molecule has 0 saturated heterocycles. The van der Waals surface area contributed by atoms with Gasteiger partial charge < -0.3 is 15.5 Å². The molecule has 0 fully saturated rings. The van der Waals surface area contributed by atoms with Crippen LogP contribution in [0.5, 0.6) is 0 Å². The molecule has 0 heterocycles. The predicted molar refractivity (Wildman–Crippen MR) is 85.2 cm³/mol. The van der Waals surface area contributed by atoms with Gasteiger partial charge in [0, 0.05) is 35.9 Å². The molecule has 0 saturated carbocycles. The third-order valence-electron chi connectivity index (χ3n) is 2.86. The zero-order valence-corrected chi connectivity index (χ0v) is 13.4. The van der Waals surface area contributed by atoms with Crippen molar-refractivity contribution in [3.8, 4) is 0 Å². The molecule has 0 aliphatic heterocycles. The average molecular weight is 298 g/mol. The van der Waals surface area contributed by atoms with Crippen LogP contribution in [-0.2, 0) is 0 Å². The first-order chi connectivity index (χ1) is 9.29. The number of nitrogen functional groups attached to an aromatic ring is 1. The highest BCUT2D eigenvalue weighted by Crippen LogP contribution is 2.18. The zero-order valence-electron chi connectivity index (χ0n) is 12.7. The van der Waals surface area contributed by atoms with Crippen molar-refractivity contribution in [3.05, 3.63) is 28.8 Å². The molecule has 1 aromatic carbocycles. The Morgan fingerprint density at radius 1 is 1.25 bits per heavy atom. The van der Waals surface area contributed by atoms with Gasteiger partial charge in [0.05, 0.1) is 0 Å². The topological polar surface area (TPSA) is 49.6 Å². The van der Waals surface area contributed by atoms with Crippen molar-refractivity contribution in [2.45, 2.75) is 13.8 Å². The molecule has 5 heteroatoms. The van der Waals surface area contributed by atoms with Crippen molar-refractivity contribution in [3.63, 3.8) is 0 Å². The highest BCUT2D eigenvalue weighted by molar-refractivity contribution is 6.31. The third kappa shape index (κ3) is 5.39. The Hall–Kier alpha value is -1.26. The summed E-state index contributed by atoms with van der Waals surface area (Å²) in [5.74, 6) is 0.396. The van der Waals surface area contributed by atoms with Crippen molar-refractivity contribution in [2.75, 3.05) is 39.5 Å². The van der Waals surface area contributed by atoms with Crippen LogP contribution in [-0.4, -0.2) is 49.4 Å². The minimum absolute atomic E-state index is 0.0187. The van der Waals surface area contributed by atoms with E-state index in [1.165, 1.54) is 0 Å². The summed E-state index contributed by atoms with van der Waals surface area (Å²) < 4.78 is 0. The van der Waals surface area contributed by atoms with E-state index < -0.39 is 0 Å². The second kappa shape index (κ2) is 7.50. The molecule has 4 nitrogen and oxygen atoms in total. The van der Waals surface area contributed by atoms with Gasteiger partial charge in [-0.15, -0.1) is 0 Å². The Morgan fingerprint density at radius 2 is 1.90 bits per heavy atom. The molecule has 0 atom stereocenters. The van der Waals surface area contributed by atoms with E-state index in [9.17, 15) is 4.79 Å². The van der Waals surface area contributed by atoms with Gasteiger partial charge in [0.25, 0.3) is 5.91 Å². The second-order valence-corrected chi connectivity index (χ2v) is 6.16. The number of nitrogens with two attached hydrogens (primary N) is 1. The quantitative estimate of drug-likeness (QED) is 0.821. The van der Waals surface area contributed by atoms with Gasteiger partial charge in [-0.05, 0) is 38.2 Å². The molecule has 0 spiro atoms. The monoisotopic (exact) mass is 297 g/mol. The van der Waals surface area contributed by atoms with E-state index in [1.54, 1.807) is 18.2 Å². The SMILES string of the molecule is CC(C)CN(CCN(C)C)C(=O)c1cc(N)cc(Cl)c1. The largest absolute Gasteiger partial charge is 0.399 e. The smallest absolute Gasteiger partial charge is 0.254 e. The molecule has 0 bridgehead atoms. The number of hydrogen-bond donors (Lipinski definition) is 1. The Kier molecular flexibility index (Phi) is 6.30. The number of hydrogen-bond acceptors (Lipinski definition) is 3. The third-order valence-corrected chi connectivity index (χ3v) is 3.08. The predicted octanol–water partition coefficient (Wildman–Crippen LogP) is 2.58.